The highest BCUT2D eigenvalue weighted by molar-refractivity contribution is 5.60. The van der Waals surface area contributed by atoms with Crippen LogP contribution in [0.1, 0.15) is 49.5 Å². The molecule has 2 aliphatic heterocycles. The minimum atomic E-state index is -4.76. The van der Waals surface area contributed by atoms with Gasteiger partial charge in [-0.1, -0.05) is 12.1 Å². The van der Waals surface area contributed by atoms with Crippen molar-refractivity contribution in [3.05, 3.63) is 41.0 Å². The molecule has 2 bridgehead atoms. The van der Waals surface area contributed by atoms with Crippen molar-refractivity contribution < 1.29 is 33.2 Å². The fourth-order valence-electron chi connectivity index (χ4n) is 4.22. The van der Waals surface area contributed by atoms with Gasteiger partial charge in [-0.2, -0.15) is 13.2 Å². The molecule has 1 fully saturated rings. The van der Waals surface area contributed by atoms with E-state index in [-0.39, 0.29) is 17.3 Å². The number of aromatic nitrogens is 1. The Morgan fingerprint density at radius 3 is 1.88 bits per heavy atom. The number of aromatic hydroxyl groups is 2. The van der Waals surface area contributed by atoms with Crippen LogP contribution >= 0.6 is 0 Å². The molecule has 1 aromatic carbocycles. The van der Waals surface area contributed by atoms with E-state index in [1.165, 1.54) is 16.7 Å². The highest BCUT2D eigenvalue weighted by Gasteiger charge is 2.59. The van der Waals surface area contributed by atoms with Crippen LogP contribution in [0, 0.1) is 0 Å². The minimum absolute atomic E-state index is 0.187. The number of nitrogens with zero attached hydrogens (tertiary/aromatic N) is 1. The van der Waals surface area contributed by atoms with Crippen molar-refractivity contribution in [2.75, 3.05) is 0 Å². The van der Waals surface area contributed by atoms with Crippen LogP contribution < -0.4 is 0 Å². The summed E-state index contributed by atoms with van der Waals surface area (Å²) in [7, 11) is 0. The molecule has 1 saturated heterocycles. The van der Waals surface area contributed by atoms with Gasteiger partial charge in [0.25, 0.3) is 0 Å². The summed E-state index contributed by atoms with van der Waals surface area (Å²) in [6.07, 6.45) is -5.95. The van der Waals surface area contributed by atoms with Crippen molar-refractivity contribution in [1.82, 2.24) is 4.57 Å². The fraction of sp³-hybridized carbons (Fsp3) is 0.444. The van der Waals surface area contributed by atoms with Gasteiger partial charge in [-0.05, 0) is 44.4 Å². The average molecular weight is 369 g/mol. The Labute approximate surface area is 147 Å². The Kier molecular flexibility index (Phi) is 3.28. The first kappa shape index (κ1) is 17.2. The van der Waals surface area contributed by atoms with Gasteiger partial charge in [0, 0.05) is 0 Å². The molecule has 5 nitrogen and oxygen atoms in total. The van der Waals surface area contributed by atoms with Crippen LogP contribution in [0.2, 0.25) is 0 Å². The molecule has 0 radical (unpaired) electrons. The zero-order valence-electron chi connectivity index (χ0n) is 14.1. The number of benzene rings is 1. The molecule has 140 valence electrons. The van der Waals surface area contributed by atoms with Crippen molar-refractivity contribution in [1.29, 1.82) is 0 Å². The van der Waals surface area contributed by atoms with Crippen molar-refractivity contribution in [3.8, 4) is 17.4 Å². The number of hydrogen-bond acceptors (Lipinski definition) is 4. The third-order valence-corrected chi connectivity index (χ3v) is 5.49. The lowest BCUT2D eigenvalue weighted by Crippen LogP contribution is -2.20. The van der Waals surface area contributed by atoms with Crippen molar-refractivity contribution in [3.63, 3.8) is 0 Å². The second-order valence-electron chi connectivity index (χ2n) is 7.33. The number of hydrogen-bond donors (Lipinski definition) is 3. The largest absolute Gasteiger partial charge is 0.494 e. The van der Waals surface area contributed by atoms with Crippen molar-refractivity contribution in [2.45, 2.75) is 50.2 Å². The van der Waals surface area contributed by atoms with Gasteiger partial charge in [-0.3, -0.25) is 4.57 Å². The molecule has 0 aliphatic carbocycles. The van der Waals surface area contributed by atoms with E-state index in [0.29, 0.717) is 29.7 Å². The van der Waals surface area contributed by atoms with E-state index in [1.807, 2.05) is 13.8 Å². The average Bonchev–Trinajstić information content (AvgIpc) is 3.10. The zero-order chi connectivity index (χ0) is 19.1. The SMILES string of the molecule is C[C@]12CC[C@](C)(O1)c1c2c(O)n(-c2ccc(C(O)C(F)(F)F)cc2)c1O. The van der Waals surface area contributed by atoms with E-state index in [4.69, 9.17) is 4.74 Å². The van der Waals surface area contributed by atoms with E-state index in [0.717, 1.165) is 12.1 Å². The topological polar surface area (TPSA) is 74.9 Å². The van der Waals surface area contributed by atoms with Gasteiger partial charge in [-0.25, -0.2) is 0 Å². The van der Waals surface area contributed by atoms with Crippen LogP contribution in [-0.4, -0.2) is 26.1 Å². The number of aliphatic hydroxyl groups is 1. The van der Waals surface area contributed by atoms with Crippen molar-refractivity contribution >= 4 is 0 Å². The van der Waals surface area contributed by atoms with Gasteiger partial charge in [-0.15, -0.1) is 0 Å². The Hall–Kier alpha value is -2.19. The lowest BCUT2D eigenvalue weighted by Gasteiger charge is -2.21. The highest BCUT2D eigenvalue weighted by Crippen LogP contribution is 2.64. The van der Waals surface area contributed by atoms with E-state index in [1.54, 1.807) is 0 Å². The Bertz CT molecular complexity index is 850. The van der Waals surface area contributed by atoms with Crippen molar-refractivity contribution in [2.24, 2.45) is 0 Å². The summed E-state index contributed by atoms with van der Waals surface area (Å²) >= 11 is 0. The maximum atomic E-state index is 12.6. The quantitative estimate of drug-likeness (QED) is 0.754. The van der Waals surface area contributed by atoms with E-state index in [2.05, 4.69) is 0 Å². The molecule has 2 aliphatic rings. The van der Waals surface area contributed by atoms with Gasteiger partial charge in [0.05, 0.1) is 28.0 Å². The summed E-state index contributed by atoms with van der Waals surface area (Å²) in [5.74, 6) is -0.375. The van der Waals surface area contributed by atoms with E-state index >= 15 is 0 Å². The molecule has 26 heavy (non-hydrogen) atoms. The highest BCUT2D eigenvalue weighted by atomic mass is 19.4. The van der Waals surface area contributed by atoms with Crippen LogP contribution in [0.25, 0.3) is 5.69 Å². The lowest BCUT2D eigenvalue weighted by atomic mass is 9.80. The monoisotopic (exact) mass is 369 g/mol. The molecule has 2 aromatic rings. The first-order valence-electron chi connectivity index (χ1n) is 8.21. The predicted molar refractivity (Wildman–Crippen MR) is 85.1 cm³/mol. The number of halogens is 3. The number of fused-ring (bicyclic) bond motifs is 5. The molecule has 3 N–H and O–H groups in total. The molecular weight excluding hydrogens is 351 g/mol. The summed E-state index contributed by atoms with van der Waals surface area (Å²) in [5, 5.41) is 30.7. The van der Waals surface area contributed by atoms with E-state index in [9.17, 15) is 28.5 Å². The summed E-state index contributed by atoms with van der Waals surface area (Å²) in [4.78, 5) is 0. The van der Waals surface area contributed by atoms with Crippen LogP contribution in [0.15, 0.2) is 24.3 Å². The maximum Gasteiger partial charge on any atom is 0.418 e. The van der Waals surface area contributed by atoms with Crippen LogP contribution in [0.5, 0.6) is 11.8 Å². The van der Waals surface area contributed by atoms with Gasteiger partial charge < -0.3 is 20.1 Å². The maximum absolute atomic E-state index is 12.6. The standard InChI is InChI=1S/C18H18F3NO4/c1-16-7-8-17(2,26-16)12-11(16)14(24)22(15(12)25)10-5-3-9(4-6-10)13(23)18(19,20)21/h3-6,13,23-25H,7-8H2,1-2H3/t13?,16-,17+. The predicted octanol–water partition coefficient (Wildman–Crippen LogP) is 3.74. The minimum Gasteiger partial charge on any atom is -0.494 e. The summed E-state index contributed by atoms with van der Waals surface area (Å²) in [6, 6.07) is 4.86. The second kappa shape index (κ2) is 4.95. The molecule has 3 atom stereocenters. The molecule has 0 saturated carbocycles. The fourth-order valence-corrected chi connectivity index (χ4v) is 4.22. The Morgan fingerprint density at radius 1 is 1.00 bits per heavy atom. The number of rotatable bonds is 2. The molecule has 0 amide bonds. The van der Waals surface area contributed by atoms with Gasteiger partial charge in [0.1, 0.15) is 0 Å². The Morgan fingerprint density at radius 2 is 1.46 bits per heavy atom. The van der Waals surface area contributed by atoms with Crippen LogP contribution in [0.4, 0.5) is 13.2 Å². The summed E-state index contributed by atoms with van der Waals surface area (Å²) in [5.41, 5.74) is -0.403. The Balaban J connectivity index is 1.80. The molecule has 0 spiro atoms. The van der Waals surface area contributed by atoms with Gasteiger partial charge in [0.2, 0.25) is 11.8 Å². The second-order valence-corrected chi connectivity index (χ2v) is 7.33. The van der Waals surface area contributed by atoms with Gasteiger partial charge in [0.15, 0.2) is 6.10 Å². The number of ether oxygens (including phenoxy) is 1. The summed E-state index contributed by atoms with van der Waals surface area (Å²) in [6.45, 7) is 3.69. The normalized spacial score (nSPS) is 28.4. The summed E-state index contributed by atoms with van der Waals surface area (Å²) < 4.78 is 45.1. The third kappa shape index (κ3) is 2.12. The van der Waals surface area contributed by atoms with Gasteiger partial charge >= 0.3 is 6.18 Å². The number of aliphatic hydroxyl groups excluding tert-OH is 1. The zero-order valence-corrected chi connectivity index (χ0v) is 14.1. The molecule has 1 aromatic heterocycles. The van der Waals surface area contributed by atoms with Crippen LogP contribution in [-0.2, 0) is 15.9 Å². The molecule has 3 heterocycles. The lowest BCUT2D eigenvalue weighted by molar-refractivity contribution is -0.206. The van der Waals surface area contributed by atoms with E-state index < -0.39 is 23.5 Å². The molecule has 1 unspecified atom stereocenters. The number of alkyl halides is 3. The van der Waals surface area contributed by atoms with Crippen LogP contribution in [0.3, 0.4) is 0 Å². The first-order chi connectivity index (χ1) is 12.0. The smallest absolute Gasteiger partial charge is 0.418 e. The third-order valence-electron chi connectivity index (χ3n) is 5.49. The first-order valence-corrected chi connectivity index (χ1v) is 8.21. The molecule has 8 heteroatoms. The molecular formula is C18H18F3NO4. The molecule has 4 rings (SSSR count).